The van der Waals surface area contributed by atoms with Crippen LogP contribution in [-0.2, 0) is 0 Å². The molecule has 0 saturated carbocycles. The summed E-state index contributed by atoms with van der Waals surface area (Å²) >= 11 is 1.29. The maximum Gasteiger partial charge on any atom is 0.297 e. The molecule has 29 heavy (non-hydrogen) atoms. The van der Waals surface area contributed by atoms with Gasteiger partial charge in [0, 0.05) is 5.38 Å². The molecule has 5 rings (SSSR count). The average Bonchev–Trinajstić information content (AvgIpc) is 3.24. The second-order valence-electron chi connectivity index (χ2n) is 7.08. The van der Waals surface area contributed by atoms with Crippen molar-refractivity contribution in [3.05, 3.63) is 92.0 Å². The van der Waals surface area contributed by atoms with Crippen molar-refractivity contribution in [1.82, 2.24) is 4.98 Å². The van der Waals surface area contributed by atoms with Gasteiger partial charge in [-0.15, -0.1) is 11.3 Å². The molecule has 7 heteroatoms. The van der Waals surface area contributed by atoms with Gasteiger partial charge in [-0.3, -0.25) is 14.5 Å². The van der Waals surface area contributed by atoms with E-state index in [0.717, 1.165) is 11.3 Å². The van der Waals surface area contributed by atoms with E-state index in [1.54, 1.807) is 24.3 Å². The van der Waals surface area contributed by atoms with E-state index in [2.05, 4.69) is 4.98 Å². The van der Waals surface area contributed by atoms with Crippen molar-refractivity contribution < 1.29 is 13.6 Å². The first-order valence-electron chi connectivity index (χ1n) is 9.02. The lowest BCUT2D eigenvalue weighted by molar-refractivity contribution is 0.0971. The summed E-state index contributed by atoms with van der Waals surface area (Å²) in [6, 6.07) is 10.4. The second kappa shape index (κ2) is 6.35. The molecule has 1 amide bonds. The third-order valence-electron chi connectivity index (χ3n) is 5.00. The van der Waals surface area contributed by atoms with Crippen LogP contribution in [0.5, 0.6) is 0 Å². The fraction of sp³-hybridized carbons (Fsp3) is 0.136. The minimum atomic E-state index is -0.806. The SMILES string of the molecule is Cc1ccc2oc3c(c(=O)c2c1)[C@H](c1cccc(F)c1)N(c1nc(C)cs1)C3=O. The Morgan fingerprint density at radius 2 is 1.97 bits per heavy atom. The Kier molecular flexibility index (Phi) is 3.89. The van der Waals surface area contributed by atoms with Crippen molar-refractivity contribution in [2.45, 2.75) is 19.9 Å². The molecule has 3 heterocycles. The number of amides is 1. The van der Waals surface area contributed by atoms with Gasteiger partial charge in [-0.2, -0.15) is 0 Å². The van der Waals surface area contributed by atoms with Gasteiger partial charge >= 0.3 is 0 Å². The van der Waals surface area contributed by atoms with Gasteiger partial charge in [-0.05, 0) is 43.7 Å². The summed E-state index contributed by atoms with van der Waals surface area (Å²) in [6.07, 6.45) is 0. The maximum absolute atomic E-state index is 14.0. The summed E-state index contributed by atoms with van der Waals surface area (Å²) < 4.78 is 19.9. The number of rotatable bonds is 2. The number of fused-ring (bicyclic) bond motifs is 2. The number of carbonyl (C=O) groups is 1. The molecule has 1 aliphatic rings. The van der Waals surface area contributed by atoms with E-state index in [1.807, 2.05) is 25.3 Å². The zero-order chi connectivity index (χ0) is 20.3. The standard InChI is InChI=1S/C22H15FN2O3S/c1-11-6-7-16-15(8-11)19(26)17-18(13-4-3-5-14(23)9-13)25(21(27)20(17)28-16)22-24-12(2)10-29-22/h3-10,18H,1-2H3/t18-/m0/s1. The van der Waals surface area contributed by atoms with Crippen molar-refractivity contribution in [2.24, 2.45) is 0 Å². The van der Waals surface area contributed by atoms with Gasteiger partial charge in [0.25, 0.3) is 5.91 Å². The van der Waals surface area contributed by atoms with E-state index in [9.17, 15) is 14.0 Å². The Balaban J connectivity index is 1.84. The highest BCUT2D eigenvalue weighted by atomic mass is 32.1. The fourth-order valence-corrected chi connectivity index (χ4v) is 4.56. The van der Waals surface area contributed by atoms with Gasteiger partial charge in [0.05, 0.1) is 22.7 Å². The van der Waals surface area contributed by atoms with E-state index >= 15 is 0 Å². The van der Waals surface area contributed by atoms with Gasteiger partial charge in [0.2, 0.25) is 5.76 Å². The van der Waals surface area contributed by atoms with Gasteiger partial charge < -0.3 is 4.42 Å². The van der Waals surface area contributed by atoms with Crippen LogP contribution in [0.15, 0.2) is 57.1 Å². The number of aryl methyl sites for hydroxylation is 2. The third-order valence-corrected chi connectivity index (χ3v) is 5.96. The molecule has 0 N–H and O–H groups in total. The zero-order valence-electron chi connectivity index (χ0n) is 15.6. The Morgan fingerprint density at radius 1 is 1.14 bits per heavy atom. The quantitative estimate of drug-likeness (QED) is 0.482. The van der Waals surface area contributed by atoms with Crippen LogP contribution in [0.1, 0.15) is 39.0 Å². The molecule has 144 valence electrons. The van der Waals surface area contributed by atoms with Crippen LogP contribution in [0, 0.1) is 19.7 Å². The van der Waals surface area contributed by atoms with Gasteiger partial charge in [0.15, 0.2) is 10.6 Å². The number of anilines is 1. The molecule has 0 saturated heterocycles. The van der Waals surface area contributed by atoms with Gasteiger partial charge in [0.1, 0.15) is 11.4 Å². The topological polar surface area (TPSA) is 63.4 Å². The largest absolute Gasteiger partial charge is 0.450 e. The van der Waals surface area contributed by atoms with Crippen molar-refractivity contribution in [1.29, 1.82) is 0 Å². The van der Waals surface area contributed by atoms with E-state index in [0.29, 0.717) is 21.7 Å². The number of nitrogens with zero attached hydrogens (tertiary/aromatic N) is 2. The molecule has 2 aromatic heterocycles. The summed E-state index contributed by atoms with van der Waals surface area (Å²) in [5, 5.41) is 2.66. The summed E-state index contributed by atoms with van der Waals surface area (Å²) in [6.45, 7) is 3.71. The van der Waals surface area contributed by atoms with Crippen LogP contribution in [0.4, 0.5) is 9.52 Å². The molecule has 0 fully saturated rings. The van der Waals surface area contributed by atoms with Crippen molar-refractivity contribution in [2.75, 3.05) is 4.90 Å². The molecule has 1 aliphatic heterocycles. The molecule has 0 spiro atoms. The lowest BCUT2D eigenvalue weighted by Gasteiger charge is -2.22. The Morgan fingerprint density at radius 3 is 2.69 bits per heavy atom. The summed E-state index contributed by atoms with van der Waals surface area (Å²) in [5.41, 5.74) is 2.43. The highest BCUT2D eigenvalue weighted by Crippen LogP contribution is 2.42. The first-order chi connectivity index (χ1) is 13.9. The number of aromatic nitrogens is 1. The predicted molar refractivity (Wildman–Crippen MR) is 109 cm³/mol. The highest BCUT2D eigenvalue weighted by Gasteiger charge is 2.44. The lowest BCUT2D eigenvalue weighted by Crippen LogP contribution is -2.29. The Hall–Kier alpha value is -3.32. The molecule has 0 unspecified atom stereocenters. The van der Waals surface area contributed by atoms with Gasteiger partial charge in [-0.1, -0.05) is 23.8 Å². The fourth-order valence-electron chi connectivity index (χ4n) is 3.73. The maximum atomic E-state index is 14.0. The minimum absolute atomic E-state index is 0.0199. The van der Waals surface area contributed by atoms with Crippen LogP contribution in [0.25, 0.3) is 11.0 Å². The molecule has 2 aromatic carbocycles. The van der Waals surface area contributed by atoms with Crippen molar-refractivity contribution >= 4 is 33.3 Å². The van der Waals surface area contributed by atoms with E-state index in [4.69, 9.17) is 4.42 Å². The zero-order valence-corrected chi connectivity index (χ0v) is 16.4. The van der Waals surface area contributed by atoms with E-state index < -0.39 is 17.8 Å². The minimum Gasteiger partial charge on any atom is -0.450 e. The monoisotopic (exact) mass is 406 g/mol. The first-order valence-corrected chi connectivity index (χ1v) is 9.90. The Labute approximate surface area is 169 Å². The van der Waals surface area contributed by atoms with Crippen LogP contribution in [-0.4, -0.2) is 10.9 Å². The number of hydrogen-bond donors (Lipinski definition) is 0. The molecular weight excluding hydrogens is 391 g/mol. The van der Waals surface area contributed by atoms with Crippen molar-refractivity contribution in [3.63, 3.8) is 0 Å². The van der Waals surface area contributed by atoms with Crippen molar-refractivity contribution in [3.8, 4) is 0 Å². The smallest absolute Gasteiger partial charge is 0.297 e. The molecule has 4 aromatic rings. The lowest BCUT2D eigenvalue weighted by atomic mass is 9.98. The highest BCUT2D eigenvalue weighted by molar-refractivity contribution is 7.14. The average molecular weight is 406 g/mol. The molecule has 0 radical (unpaired) electrons. The van der Waals surface area contributed by atoms with Crippen LogP contribution >= 0.6 is 11.3 Å². The normalized spacial score (nSPS) is 15.9. The molecule has 1 atom stereocenters. The molecule has 5 nitrogen and oxygen atoms in total. The molecular formula is C22H15FN2O3S. The van der Waals surface area contributed by atoms with E-state index in [1.165, 1.54) is 28.4 Å². The molecule has 0 bridgehead atoms. The summed E-state index contributed by atoms with van der Waals surface area (Å²) in [7, 11) is 0. The molecule has 0 aliphatic carbocycles. The summed E-state index contributed by atoms with van der Waals surface area (Å²) in [4.78, 5) is 32.6. The predicted octanol–water partition coefficient (Wildman–Crippen LogP) is 4.76. The number of thiazole rings is 1. The Bertz CT molecular complexity index is 1360. The number of carbonyl (C=O) groups excluding carboxylic acids is 1. The van der Waals surface area contributed by atoms with Gasteiger partial charge in [-0.25, -0.2) is 9.37 Å². The van der Waals surface area contributed by atoms with Crippen LogP contribution < -0.4 is 10.3 Å². The summed E-state index contributed by atoms with van der Waals surface area (Å²) in [5.74, 6) is -0.920. The van der Waals surface area contributed by atoms with Crippen LogP contribution in [0.3, 0.4) is 0 Å². The number of benzene rings is 2. The van der Waals surface area contributed by atoms with E-state index in [-0.39, 0.29) is 16.8 Å². The first kappa shape index (κ1) is 17.8. The number of halogens is 1. The van der Waals surface area contributed by atoms with Crippen LogP contribution in [0.2, 0.25) is 0 Å². The third kappa shape index (κ3) is 2.69. The second-order valence-corrected chi connectivity index (χ2v) is 7.91. The number of hydrogen-bond acceptors (Lipinski definition) is 5.